The van der Waals surface area contributed by atoms with Crippen molar-refractivity contribution in [3.63, 3.8) is 0 Å². The van der Waals surface area contributed by atoms with Crippen molar-refractivity contribution in [2.45, 2.75) is 32.4 Å². The predicted molar refractivity (Wildman–Crippen MR) is 70.3 cm³/mol. The van der Waals surface area contributed by atoms with Crippen LogP contribution in [-0.2, 0) is 0 Å². The summed E-state index contributed by atoms with van der Waals surface area (Å²) in [7, 11) is 0. The van der Waals surface area contributed by atoms with Gasteiger partial charge in [-0.1, -0.05) is 18.5 Å². The molecular weight excluding hydrogens is 220 g/mol. The largest absolute Gasteiger partial charge is 0.366 e. The summed E-state index contributed by atoms with van der Waals surface area (Å²) in [5.41, 5.74) is 1.28. The second-order valence-electron chi connectivity index (χ2n) is 4.50. The van der Waals surface area contributed by atoms with Crippen LogP contribution in [-0.4, -0.2) is 25.2 Å². The van der Waals surface area contributed by atoms with Crippen LogP contribution in [0, 0.1) is 0 Å². The van der Waals surface area contributed by atoms with E-state index in [1.807, 2.05) is 12.1 Å². The standard InChI is InChI=1S/C13H19ClN2/c1-3-12-8-15-10(2)9-16(12)13-6-4-11(14)5-7-13/h4-7,10,12,15H,3,8-9H2,1-2H3. The molecule has 2 unspecified atom stereocenters. The highest BCUT2D eigenvalue weighted by molar-refractivity contribution is 6.30. The van der Waals surface area contributed by atoms with Gasteiger partial charge in [-0.15, -0.1) is 0 Å². The Kier molecular flexibility index (Phi) is 3.72. The van der Waals surface area contributed by atoms with Crippen molar-refractivity contribution in [3.05, 3.63) is 29.3 Å². The van der Waals surface area contributed by atoms with Gasteiger partial charge in [0.05, 0.1) is 0 Å². The lowest BCUT2D eigenvalue weighted by molar-refractivity contribution is 0.402. The van der Waals surface area contributed by atoms with Gasteiger partial charge in [-0.2, -0.15) is 0 Å². The highest BCUT2D eigenvalue weighted by atomic mass is 35.5. The number of nitrogens with zero attached hydrogens (tertiary/aromatic N) is 1. The van der Waals surface area contributed by atoms with E-state index in [4.69, 9.17) is 11.6 Å². The highest BCUT2D eigenvalue weighted by Gasteiger charge is 2.24. The molecule has 1 aromatic rings. The summed E-state index contributed by atoms with van der Waals surface area (Å²) in [5.74, 6) is 0. The molecule has 0 aromatic heterocycles. The molecule has 2 rings (SSSR count). The average molecular weight is 239 g/mol. The molecule has 1 saturated heterocycles. The molecule has 0 aliphatic carbocycles. The fraction of sp³-hybridized carbons (Fsp3) is 0.538. The van der Waals surface area contributed by atoms with E-state index in [1.54, 1.807) is 0 Å². The summed E-state index contributed by atoms with van der Waals surface area (Å²) in [6, 6.07) is 9.31. The average Bonchev–Trinajstić information content (AvgIpc) is 2.30. The van der Waals surface area contributed by atoms with Gasteiger partial charge in [-0.3, -0.25) is 0 Å². The summed E-state index contributed by atoms with van der Waals surface area (Å²) >= 11 is 5.92. The van der Waals surface area contributed by atoms with Gasteiger partial charge in [-0.05, 0) is 37.6 Å². The first-order valence-electron chi connectivity index (χ1n) is 5.96. The van der Waals surface area contributed by atoms with E-state index in [0.717, 1.165) is 18.1 Å². The fourth-order valence-corrected chi connectivity index (χ4v) is 2.40. The molecule has 88 valence electrons. The Morgan fingerprint density at radius 3 is 2.69 bits per heavy atom. The van der Waals surface area contributed by atoms with Crippen LogP contribution >= 0.6 is 11.6 Å². The van der Waals surface area contributed by atoms with Gasteiger partial charge < -0.3 is 10.2 Å². The summed E-state index contributed by atoms with van der Waals surface area (Å²) < 4.78 is 0. The molecule has 0 radical (unpaired) electrons. The smallest absolute Gasteiger partial charge is 0.0412 e. The lowest BCUT2D eigenvalue weighted by atomic mass is 10.1. The first kappa shape index (κ1) is 11.7. The SMILES string of the molecule is CCC1CNC(C)CN1c1ccc(Cl)cc1. The van der Waals surface area contributed by atoms with Gasteiger partial charge in [0.1, 0.15) is 0 Å². The molecule has 1 aromatic carbocycles. The summed E-state index contributed by atoms with van der Waals surface area (Å²) in [5, 5.41) is 4.33. The zero-order valence-corrected chi connectivity index (χ0v) is 10.7. The maximum atomic E-state index is 5.92. The van der Waals surface area contributed by atoms with Crippen molar-refractivity contribution in [2.75, 3.05) is 18.0 Å². The summed E-state index contributed by atoms with van der Waals surface area (Å²) in [4.78, 5) is 2.48. The Morgan fingerprint density at radius 1 is 1.38 bits per heavy atom. The number of rotatable bonds is 2. The minimum atomic E-state index is 0.554. The van der Waals surface area contributed by atoms with Crippen LogP contribution in [0.5, 0.6) is 0 Å². The number of piperazine rings is 1. The Balaban J connectivity index is 2.18. The van der Waals surface area contributed by atoms with E-state index >= 15 is 0 Å². The molecule has 16 heavy (non-hydrogen) atoms. The van der Waals surface area contributed by atoms with Crippen LogP contribution in [0.4, 0.5) is 5.69 Å². The lowest BCUT2D eigenvalue weighted by Crippen LogP contribution is -2.55. The molecule has 0 bridgehead atoms. The van der Waals surface area contributed by atoms with E-state index in [-0.39, 0.29) is 0 Å². The number of halogens is 1. The number of anilines is 1. The van der Waals surface area contributed by atoms with Gasteiger partial charge in [0.2, 0.25) is 0 Å². The second-order valence-corrected chi connectivity index (χ2v) is 4.94. The van der Waals surface area contributed by atoms with Crippen LogP contribution in [0.3, 0.4) is 0 Å². The first-order valence-corrected chi connectivity index (χ1v) is 6.34. The molecule has 2 nitrogen and oxygen atoms in total. The third-order valence-electron chi connectivity index (χ3n) is 3.24. The molecule has 3 heteroatoms. The molecule has 0 saturated carbocycles. The normalized spacial score (nSPS) is 25.8. The Bertz CT molecular complexity index is 336. The van der Waals surface area contributed by atoms with Crippen LogP contribution in [0.15, 0.2) is 24.3 Å². The van der Waals surface area contributed by atoms with Crippen molar-refractivity contribution in [3.8, 4) is 0 Å². The van der Waals surface area contributed by atoms with Crippen molar-refractivity contribution >= 4 is 17.3 Å². The summed E-state index contributed by atoms with van der Waals surface area (Å²) in [6.07, 6.45) is 1.17. The number of nitrogens with one attached hydrogen (secondary N) is 1. The van der Waals surface area contributed by atoms with Crippen molar-refractivity contribution < 1.29 is 0 Å². The topological polar surface area (TPSA) is 15.3 Å². The lowest BCUT2D eigenvalue weighted by Gasteiger charge is -2.40. The maximum Gasteiger partial charge on any atom is 0.0412 e. The van der Waals surface area contributed by atoms with Gasteiger partial charge in [0.15, 0.2) is 0 Å². The van der Waals surface area contributed by atoms with E-state index in [0.29, 0.717) is 12.1 Å². The quantitative estimate of drug-likeness (QED) is 0.853. The molecule has 1 aliphatic rings. The fourth-order valence-electron chi connectivity index (χ4n) is 2.27. The third kappa shape index (κ3) is 2.50. The number of hydrogen-bond donors (Lipinski definition) is 1. The van der Waals surface area contributed by atoms with E-state index in [2.05, 4.69) is 36.2 Å². The second kappa shape index (κ2) is 5.07. The van der Waals surface area contributed by atoms with Crippen molar-refractivity contribution in [1.29, 1.82) is 0 Å². The number of hydrogen-bond acceptors (Lipinski definition) is 2. The Hall–Kier alpha value is -0.730. The van der Waals surface area contributed by atoms with Gasteiger partial charge >= 0.3 is 0 Å². The zero-order chi connectivity index (χ0) is 11.5. The highest BCUT2D eigenvalue weighted by Crippen LogP contribution is 2.23. The molecular formula is C13H19ClN2. The molecule has 0 amide bonds. The van der Waals surface area contributed by atoms with Gasteiger partial charge in [-0.25, -0.2) is 0 Å². The minimum absolute atomic E-state index is 0.554. The van der Waals surface area contributed by atoms with Gasteiger partial charge in [0, 0.05) is 35.9 Å². The van der Waals surface area contributed by atoms with Crippen LogP contribution in [0.2, 0.25) is 5.02 Å². The van der Waals surface area contributed by atoms with Gasteiger partial charge in [0.25, 0.3) is 0 Å². The van der Waals surface area contributed by atoms with Crippen LogP contribution in [0.1, 0.15) is 20.3 Å². The van der Waals surface area contributed by atoms with Crippen LogP contribution in [0.25, 0.3) is 0 Å². The number of benzene rings is 1. The molecule has 1 aliphatic heterocycles. The zero-order valence-electron chi connectivity index (χ0n) is 9.91. The maximum absolute atomic E-state index is 5.92. The van der Waals surface area contributed by atoms with Crippen molar-refractivity contribution in [1.82, 2.24) is 5.32 Å². The van der Waals surface area contributed by atoms with E-state index < -0.39 is 0 Å². The monoisotopic (exact) mass is 238 g/mol. The third-order valence-corrected chi connectivity index (χ3v) is 3.49. The summed E-state index contributed by atoms with van der Waals surface area (Å²) in [6.45, 7) is 6.61. The van der Waals surface area contributed by atoms with Crippen LogP contribution < -0.4 is 10.2 Å². The van der Waals surface area contributed by atoms with Crippen molar-refractivity contribution in [2.24, 2.45) is 0 Å². The Morgan fingerprint density at radius 2 is 2.06 bits per heavy atom. The van der Waals surface area contributed by atoms with E-state index in [1.165, 1.54) is 12.1 Å². The molecule has 1 heterocycles. The molecule has 1 N–H and O–H groups in total. The Labute approximate surface area is 103 Å². The first-order chi connectivity index (χ1) is 7.70. The molecule has 1 fully saturated rings. The molecule has 2 atom stereocenters. The molecule has 0 spiro atoms. The van der Waals surface area contributed by atoms with E-state index in [9.17, 15) is 0 Å². The predicted octanol–water partition coefficient (Wildman–Crippen LogP) is 2.92. The minimum Gasteiger partial charge on any atom is -0.366 e.